The number of anilines is 1. The summed E-state index contributed by atoms with van der Waals surface area (Å²) in [5, 5.41) is 2.53. The third-order valence-corrected chi connectivity index (χ3v) is 4.61. The number of halogens is 1. The number of nitrogens with one attached hydrogen (secondary N) is 2. The van der Waals surface area contributed by atoms with E-state index in [1.165, 1.54) is 12.1 Å². The maximum atomic E-state index is 13.1. The minimum absolute atomic E-state index is 0.317. The highest BCUT2D eigenvalue weighted by Crippen LogP contribution is 2.10. The maximum Gasteiger partial charge on any atom is 0.321 e. The van der Waals surface area contributed by atoms with Crippen LogP contribution in [0.3, 0.4) is 0 Å². The molecule has 0 unspecified atom stereocenters. The van der Waals surface area contributed by atoms with Crippen LogP contribution in [0.2, 0.25) is 0 Å². The number of esters is 1. The third kappa shape index (κ3) is 5.94. The van der Waals surface area contributed by atoms with Gasteiger partial charge in [0.2, 0.25) is 10.0 Å². The Morgan fingerprint density at radius 1 is 1.12 bits per heavy atom. The van der Waals surface area contributed by atoms with Crippen molar-refractivity contribution in [3.8, 4) is 0 Å². The van der Waals surface area contributed by atoms with Crippen LogP contribution in [0.4, 0.5) is 10.1 Å². The first-order chi connectivity index (χ1) is 12.3. The molecule has 0 aliphatic carbocycles. The molecule has 0 aliphatic rings. The smallest absolute Gasteiger partial charge is 0.321 e. The van der Waals surface area contributed by atoms with Gasteiger partial charge in [-0.05, 0) is 37.3 Å². The molecule has 1 amide bonds. The Balaban J connectivity index is 1.79. The average Bonchev–Trinajstić information content (AvgIpc) is 2.60. The summed E-state index contributed by atoms with van der Waals surface area (Å²) in [4.78, 5) is 23.0. The molecule has 0 spiro atoms. The number of amides is 1. The van der Waals surface area contributed by atoms with Crippen LogP contribution in [-0.2, 0) is 24.3 Å². The number of carbonyl (C=O) groups is 2. The van der Waals surface area contributed by atoms with E-state index in [0.717, 1.165) is 17.7 Å². The van der Waals surface area contributed by atoms with Gasteiger partial charge in [-0.15, -0.1) is 0 Å². The van der Waals surface area contributed by atoms with Gasteiger partial charge in [0.25, 0.3) is 5.91 Å². The van der Waals surface area contributed by atoms with Gasteiger partial charge in [-0.2, -0.15) is 4.72 Å². The number of hydrogen-bond acceptors (Lipinski definition) is 5. The van der Waals surface area contributed by atoms with Crippen molar-refractivity contribution in [2.45, 2.75) is 11.8 Å². The van der Waals surface area contributed by atoms with Crippen molar-refractivity contribution in [3.63, 3.8) is 0 Å². The molecule has 0 saturated heterocycles. The molecular weight excluding hydrogens is 363 g/mol. The fourth-order valence-electron chi connectivity index (χ4n) is 1.90. The van der Waals surface area contributed by atoms with Crippen LogP contribution in [0.5, 0.6) is 0 Å². The normalized spacial score (nSPS) is 11.0. The molecule has 0 saturated carbocycles. The Bertz CT molecular complexity index is 898. The lowest BCUT2D eigenvalue weighted by Crippen LogP contribution is -2.32. The van der Waals surface area contributed by atoms with Crippen molar-refractivity contribution >= 4 is 27.6 Å². The lowest BCUT2D eigenvalue weighted by Gasteiger charge is -2.08. The van der Waals surface area contributed by atoms with Crippen LogP contribution >= 0.6 is 0 Å². The lowest BCUT2D eigenvalue weighted by atomic mass is 10.2. The minimum atomic E-state index is -4.06. The molecule has 0 aliphatic heterocycles. The summed E-state index contributed by atoms with van der Waals surface area (Å²) in [5.74, 6) is -2.22. The van der Waals surface area contributed by atoms with Gasteiger partial charge >= 0.3 is 5.97 Å². The van der Waals surface area contributed by atoms with Gasteiger partial charge in [-0.25, -0.2) is 12.8 Å². The Labute approximate surface area is 150 Å². The van der Waals surface area contributed by atoms with Gasteiger partial charge in [-0.3, -0.25) is 9.59 Å². The summed E-state index contributed by atoms with van der Waals surface area (Å²) in [6, 6.07) is 11.3. The first-order valence-electron chi connectivity index (χ1n) is 7.54. The van der Waals surface area contributed by atoms with E-state index in [9.17, 15) is 22.4 Å². The van der Waals surface area contributed by atoms with Gasteiger partial charge < -0.3 is 10.1 Å². The third-order valence-electron chi connectivity index (χ3n) is 3.21. The van der Waals surface area contributed by atoms with Crippen molar-refractivity contribution in [1.82, 2.24) is 4.72 Å². The summed E-state index contributed by atoms with van der Waals surface area (Å²) in [7, 11) is -4.06. The second kappa shape index (κ2) is 8.54. The van der Waals surface area contributed by atoms with Crippen molar-refractivity contribution in [3.05, 3.63) is 59.9 Å². The molecule has 0 radical (unpaired) electrons. The van der Waals surface area contributed by atoms with E-state index >= 15 is 0 Å². The molecule has 138 valence electrons. The molecule has 0 aromatic heterocycles. The van der Waals surface area contributed by atoms with Gasteiger partial charge in [0.05, 0.1) is 4.90 Å². The van der Waals surface area contributed by atoms with Crippen molar-refractivity contribution in [2.75, 3.05) is 18.5 Å². The molecule has 2 aromatic rings. The molecule has 2 aromatic carbocycles. The Morgan fingerprint density at radius 3 is 2.46 bits per heavy atom. The van der Waals surface area contributed by atoms with E-state index in [1.54, 1.807) is 12.1 Å². The zero-order valence-corrected chi connectivity index (χ0v) is 14.7. The molecular formula is C17H17FN2O5S. The molecule has 2 N–H and O–H groups in total. The fraction of sp³-hybridized carbons (Fsp3) is 0.176. The van der Waals surface area contributed by atoms with Crippen LogP contribution in [0.15, 0.2) is 53.4 Å². The van der Waals surface area contributed by atoms with Gasteiger partial charge in [0, 0.05) is 5.69 Å². The van der Waals surface area contributed by atoms with Crippen LogP contribution in [-0.4, -0.2) is 33.4 Å². The van der Waals surface area contributed by atoms with Crippen LogP contribution in [0.25, 0.3) is 0 Å². The van der Waals surface area contributed by atoms with Gasteiger partial charge in [0.1, 0.15) is 12.4 Å². The highest BCUT2D eigenvalue weighted by Gasteiger charge is 2.17. The monoisotopic (exact) mass is 380 g/mol. The van der Waals surface area contributed by atoms with E-state index in [2.05, 4.69) is 5.32 Å². The van der Waals surface area contributed by atoms with E-state index in [-0.39, 0.29) is 4.90 Å². The van der Waals surface area contributed by atoms with Crippen LogP contribution < -0.4 is 10.0 Å². The zero-order valence-electron chi connectivity index (χ0n) is 13.9. The molecule has 0 atom stereocenters. The summed E-state index contributed by atoms with van der Waals surface area (Å²) in [6.07, 6.45) is 0. The largest absolute Gasteiger partial charge is 0.455 e. The highest BCUT2D eigenvalue weighted by atomic mass is 32.2. The Morgan fingerprint density at radius 2 is 1.81 bits per heavy atom. The maximum absolute atomic E-state index is 13.1. The fourth-order valence-corrected chi connectivity index (χ4v) is 2.90. The number of rotatable bonds is 7. The first kappa shape index (κ1) is 19.5. The minimum Gasteiger partial charge on any atom is -0.455 e. The van der Waals surface area contributed by atoms with Crippen molar-refractivity contribution in [2.24, 2.45) is 0 Å². The molecule has 26 heavy (non-hydrogen) atoms. The summed E-state index contributed by atoms with van der Waals surface area (Å²) in [6.45, 7) is 0.656. The number of ether oxygens (including phenoxy) is 1. The summed E-state index contributed by atoms with van der Waals surface area (Å²) in [5.41, 5.74) is 1.57. The van der Waals surface area contributed by atoms with E-state index in [1.807, 2.05) is 23.8 Å². The predicted octanol–water partition coefficient (Wildman–Crippen LogP) is 1.59. The number of sulfonamides is 1. The quantitative estimate of drug-likeness (QED) is 0.711. The van der Waals surface area contributed by atoms with Crippen LogP contribution in [0.1, 0.15) is 5.56 Å². The Hall–Kier alpha value is -2.78. The van der Waals surface area contributed by atoms with E-state index in [4.69, 9.17) is 4.74 Å². The van der Waals surface area contributed by atoms with E-state index < -0.39 is 40.9 Å². The Kier molecular flexibility index (Phi) is 6.42. The zero-order chi connectivity index (χ0) is 19.2. The van der Waals surface area contributed by atoms with Crippen LogP contribution in [0, 0.1) is 12.7 Å². The number of hydrogen-bond donors (Lipinski definition) is 2. The topological polar surface area (TPSA) is 102 Å². The molecule has 0 heterocycles. The predicted molar refractivity (Wildman–Crippen MR) is 92.4 cm³/mol. The van der Waals surface area contributed by atoms with Crippen molar-refractivity contribution < 1.29 is 27.1 Å². The molecule has 0 bridgehead atoms. The highest BCUT2D eigenvalue weighted by molar-refractivity contribution is 7.89. The standard InChI is InChI=1S/C17H17FN2O5S/c1-12-5-7-14(8-6-12)20-16(21)11-25-17(22)10-19-26(23,24)15-4-2-3-13(18)9-15/h2-9,19H,10-11H2,1H3,(H,20,21). The molecule has 0 fully saturated rings. The van der Waals surface area contributed by atoms with Gasteiger partial charge in [0.15, 0.2) is 6.61 Å². The molecule has 7 nitrogen and oxygen atoms in total. The van der Waals surface area contributed by atoms with Gasteiger partial charge in [-0.1, -0.05) is 23.8 Å². The second-order valence-corrected chi connectivity index (χ2v) is 7.12. The number of benzene rings is 2. The molecule has 9 heteroatoms. The SMILES string of the molecule is Cc1ccc(NC(=O)COC(=O)CNS(=O)(=O)c2cccc(F)c2)cc1. The van der Waals surface area contributed by atoms with Crippen molar-refractivity contribution in [1.29, 1.82) is 0 Å². The lowest BCUT2D eigenvalue weighted by molar-refractivity contribution is -0.146. The summed E-state index contributed by atoms with van der Waals surface area (Å²) >= 11 is 0. The number of carbonyl (C=O) groups excluding carboxylic acids is 2. The number of aryl methyl sites for hydroxylation is 1. The second-order valence-electron chi connectivity index (χ2n) is 5.36. The first-order valence-corrected chi connectivity index (χ1v) is 9.02. The average molecular weight is 380 g/mol. The van der Waals surface area contributed by atoms with E-state index in [0.29, 0.717) is 5.69 Å². The molecule has 2 rings (SSSR count). The summed E-state index contributed by atoms with van der Waals surface area (Å²) < 4.78 is 43.6.